The molecule has 0 aliphatic carbocycles. The monoisotopic (exact) mass is 438 g/mol. The number of nitro groups is 1. The van der Waals surface area contributed by atoms with Crippen LogP contribution < -0.4 is 9.64 Å². The van der Waals surface area contributed by atoms with E-state index in [-0.39, 0.29) is 15.3 Å². The molecule has 2 heterocycles. The highest BCUT2D eigenvalue weighted by molar-refractivity contribution is 8.19. The van der Waals surface area contributed by atoms with Gasteiger partial charge in [-0.1, -0.05) is 42.5 Å². The Kier molecular flexibility index (Phi) is 5.59. The molecular weight excluding hydrogens is 424 g/mol. The van der Waals surface area contributed by atoms with Gasteiger partial charge in [0.2, 0.25) is 5.13 Å². The third-order valence-electron chi connectivity index (χ3n) is 4.10. The van der Waals surface area contributed by atoms with Crippen LogP contribution in [0.25, 0.3) is 6.08 Å². The Labute approximate surface area is 179 Å². The molecule has 0 spiro atoms. The summed E-state index contributed by atoms with van der Waals surface area (Å²) in [6.45, 7) is 0.460. The van der Waals surface area contributed by atoms with Crippen LogP contribution in [0.5, 0.6) is 5.75 Å². The van der Waals surface area contributed by atoms with Gasteiger partial charge in [0, 0.05) is 0 Å². The number of nitrogens with zero attached hydrogens (tertiary/aromatic N) is 3. The molecule has 8 nitrogen and oxygen atoms in total. The molecule has 1 N–H and O–H groups in total. The van der Waals surface area contributed by atoms with Gasteiger partial charge in [0.25, 0.3) is 5.91 Å². The van der Waals surface area contributed by atoms with Crippen LogP contribution in [-0.4, -0.2) is 21.0 Å². The maximum atomic E-state index is 12.7. The van der Waals surface area contributed by atoms with Crippen LogP contribution in [0.4, 0.5) is 10.1 Å². The molecule has 10 heteroatoms. The number of carbonyl (C=O) groups excluding carboxylic acids is 1. The normalized spacial score (nSPS) is 15.1. The van der Waals surface area contributed by atoms with E-state index in [1.807, 2.05) is 54.6 Å². The molecule has 150 valence electrons. The zero-order chi connectivity index (χ0) is 21.1. The van der Waals surface area contributed by atoms with Gasteiger partial charge in [0.15, 0.2) is 5.17 Å². The predicted octanol–water partition coefficient (Wildman–Crippen LogP) is 4.69. The minimum Gasteiger partial charge on any atom is -0.489 e. The highest BCUT2D eigenvalue weighted by Gasteiger charge is 2.36. The van der Waals surface area contributed by atoms with Gasteiger partial charge < -0.3 is 4.74 Å². The van der Waals surface area contributed by atoms with Crippen LogP contribution in [-0.2, 0) is 11.4 Å². The highest BCUT2D eigenvalue weighted by atomic mass is 32.2. The van der Waals surface area contributed by atoms with Crippen molar-refractivity contribution in [3.8, 4) is 5.75 Å². The van der Waals surface area contributed by atoms with Gasteiger partial charge in [0.05, 0.1) is 9.83 Å². The topological polar surface area (TPSA) is 109 Å². The van der Waals surface area contributed by atoms with Crippen molar-refractivity contribution in [2.24, 2.45) is 0 Å². The zero-order valence-electron chi connectivity index (χ0n) is 15.3. The predicted molar refractivity (Wildman–Crippen MR) is 117 cm³/mol. The van der Waals surface area contributed by atoms with E-state index in [4.69, 9.17) is 10.1 Å². The minimum absolute atomic E-state index is 0.0432. The summed E-state index contributed by atoms with van der Waals surface area (Å²) in [6.07, 6.45) is 2.76. The molecule has 0 atom stereocenters. The highest BCUT2D eigenvalue weighted by Crippen LogP contribution is 2.38. The molecule has 3 aromatic rings. The number of thiazole rings is 1. The molecule has 1 fully saturated rings. The van der Waals surface area contributed by atoms with Gasteiger partial charge >= 0.3 is 5.00 Å². The first kappa shape index (κ1) is 19.8. The fraction of sp³-hybridized carbons (Fsp3) is 0.0500. The number of hydrogen-bond donors (Lipinski definition) is 1. The Balaban J connectivity index is 1.45. The van der Waals surface area contributed by atoms with Crippen LogP contribution >= 0.6 is 23.1 Å². The molecule has 1 saturated heterocycles. The number of benzene rings is 2. The number of ether oxygens (including phenoxy) is 1. The molecule has 30 heavy (non-hydrogen) atoms. The molecule has 4 rings (SSSR count). The van der Waals surface area contributed by atoms with Crippen LogP contribution in [0.3, 0.4) is 0 Å². The van der Waals surface area contributed by atoms with E-state index in [2.05, 4.69) is 4.98 Å². The Hall–Kier alpha value is -3.50. The standard InChI is InChI=1S/C20H14N4O4S2/c21-19-23(20-22-11-17(30-20)24(26)27)18(25)16(29-19)10-13-6-8-15(9-7-13)28-12-14-4-2-1-3-5-14/h1-11,21H,12H2/b16-10-,21-19?. The van der Waals surface area contributed by atoms with Crippen molar-refractivity contribution in [2.75, 3.05) is 4.90 Å². The first-order valence-corrected chi connectivity index (χ1v) is 10.3. The molecule has 1 aromatic heterocycles. The number of amides is 1. The number of rotatable bonds is 6. The summed E-state index contributed by atoms with van der Waals surface area (Å²) < 4.78 is 5.75. The van der Waals surface area contributed by atoms with E-state index in [1.165, 1.54) is 0 Å². The van der Waals surface area contributed by atoms with Gasteiger partial charge in [0.1, 0.15) is 18.6 Å². The number of nitrogens with one attached hydrogen (secondary N) is 1. The molecule has 1 aliphatic rings. The number of thioether (sulfide) groups is 1. The van der Waals surface area contributed by atoms with E-state index in [1.54, 1.807) is 6.08 Å². The van der Waals surface area contributed by atoms with Gasteiger partial charge in [-0.25, -0.2) is 9.88 Å². The summed E-state index contributed by atoms with van der Waals surface area (Å²) in [5.41, 5.74) is 1.84. The van der Waals surface area contributed by atoms with Gasteiger partial charge in [-0.3, -0.25) is 20.3 Å². The molecule has 1 amide bonds. The van der Waals surface area contributed by atoms with E-state index >= 15 is 0 Å². The van der Waals surface area contributed by atoms with Crippen molar-refractivity contribution >= 4 is 50.4 Å². The Morgan fingerprint density at radius 3 is 2.57 bits per heavy atom. The Morgan fingerprint density at radius 2 is 1.90 bits per heavy atom. The summed E-state index contributed by atoms with van der Waals surface area (Å²) in [7, 11) is 0. The molecule has 1 aliphatic heterocycles. The Bertz CT molecular complexity index is 1140. The van der Waals surface area contributed by atoms with Crippen molar-refractivity contribution in [1.82, 2.24) is 4.98 Å². The summed E-state index contributed by atoms with van der Waals surface area (Å²) in [5.74, 6) is 0.273. The lowest BCUT2D eigenvalue weighted by molar-refractivity contribution is -0.380. The van der Waals surface area contributed by atoms with E-state index in [9.17, 15) is 14.9 Å². The van der Waals surface area contributed by atoms with Gasteiger partial charge in [-0.15, -0.1) is 0 Å². The molecule has 0 saturated carbocycles. The lowest BCUT2D eigenvalue weighted by Crippen LogP contribution is -2.27. The smallest absolute Gasteiger partial charge is 0.345 e. The zero-order valence-corrected chi connectivity index (χ0v) is 17.0. The SMILES string of the molecule is N=C1S/C(=C\c2ccc(OCc3ccccc3)cc2)C(=O)N1c1ncc([N+](=O)[O-])s1. The molecule has 0 bridgehead atoms. The summed E-state index contributed by atoms with van der Waals surface area (Å²) in [6, 6.07) is 17.1. The average Bonchev–Trinajstić information content (AvgIpc) is 3.33. The van der Waals surface area contributed by atoms with Crippen LogP contribution in [0.15, 0.2) is 65.7 Å². The number of anilines is 1. The second kappa shape index (κ2) is 8.47. The lowest BCUT2D eigenvalue weighted by Gasteiger charge is -2.08. The van der Waals surface area contributed by atoms with Crippen LogP contribution in [0.1, 0.15) is 11.1 Å². The number of hydrogen-bond acceptors (Lipinski definition) is 8. The summed E-state index contributed by atoms with van der Waals surface area (Å²) in [4.78, 5) is 28.3. The molecule has 2 aromatic carbocycles. The molecule has 0 unspecified atom stereocenters. The fourth-order valence-corrected chi connectivity index (χ4v) is 4.30. The third kappa shape index (κ3) is 4.24. The summed E-state index contributed by atoms with van der Waals surface area (Å²) >= 11 is 1.74. The lowest BCUT2D eigenvalue weighted by atomic mass is 10.2. The van der Waals surface area contributed by atoms with E-state index in [0.29, 0.717) is 17.3 Å². The van der Waals surface area contributed by atoms with Crippen molar-refractivity contribution in [2.45, 2.75) is 6.61 Å². The van der Waals surface area contributed by atoms with Crippen molar-refractivity contribution in [1.29, 1.82) is 5.41 Å². The number of amidine groups is 1. The number of carbonyl (C=O) groups is 1. The van der Waals surface area contributed by atoms with Crippen LogP contribution in [0, 0.1) is 15.5 Å². The van der Waals surface area contributed by atoms with Gasteiger partial charge in [-0.05, 0) is 52.4 Å². The molecule has 0 radical (unpaired) electrons. The van der Waals surface area contributed by atoms with Crippen molar-refractivity contribution < 1.29 is 14.5 Å². The van der Waals surface area contributed by atoms with E-state index < -0.39 is 10.8 Å². The fourth-order valence-electron chi connectivity index (χ4n) is 2.66. The van der Waals surface area contributed by atoms with E-state index in [0.717, 1.165) is 45.3 Å². The quantitative estimate of drug-likeness (QED) is 0.340. The summed E-state index contributed by atoms with van der Waals surface area (Å²) in [5, 5.41) is 18.8. The minimum atomic E-state index is -0.573. The van der Waals surface area contributed by atoms with Gasteiger partial charge in [-0.2, -0.15) is 0 Å². The maximum Gasteiger partial charge on any atom is 0.345 e. The van der Waals surface area contributed by atoms with Crippen molar-refractivity contribution in [3.63, 3.8) is 0 Å². The number of aromatic nitrogens is 1. The second-order valence-electron chi connectivity index (χ2n) is 6.14. The Morgan fingerprint density at radius 1 is 1.17 bits per heavy atom. The van der Waals surface area contributed by atoms with Crippen molar-refractivity contribution in [3.05, 3.63) is 86.9 Å². The first-order valence-electron chi connectivity index (χ1n) is 8.71. The first-order chi connectivity index (χ1) is 14.5. The largest absolute Gasteiger partial charge is 0.489 e. The maximum absolute atomic E-state index is 12.7. The second-order valence-corrected chi connectivity index (χ2v) is 8.16. The van der Waals surface area contributed by atoms with Crippen LogP contribution in [0.2, 0.25) is 0 Å². The third-order valence-corrected chi connectivity index (χ3v) is 5.92. The average molecular weight is 438 g/mol. The molecular formula is C20H14N4O4S2.